The summed E-state index contributed by atoms with van der Waals surface area (Å²) < 4.78 is 10.4. The van der Waals surface area contributed by atoms with Gasteiger partial charge >= 0.3 is 5.97 Å². The number of aliphatic carboxylic acids is 1. The van der Waals surface area contributed by atoms with Gasteiger partial charge in [-0.15, -0.1) is 0 Å². The molecule has 0 amide bonds. The van der Waals surface area contributed by atoms with Gasteiger partial charge in [-0.1, -0.05) is 11.6 Å². The topological polar surface area (TPSA) is 79.5 Å². The second kappa shape index (κ2) is 5.15. The second-order valence-corrected chi connectivity index (χ2v) is 4.43. The molecule has 0 saturated heterocycles. The third kappa shape index (κ3) is 2.84. The number of rotatable bonds is 4. The van der Waals surface area contributed by atoms with Crippen molar-refractivity contribution in [1.29, 1.82) is 5.26 Å². The third-order valence-corrected chi connectivity index (χ3v) is 2.51. The zero-order valence-electron chi connectivity index (χ0n) is 10.2. The van der Waals surface area contributed by atoms with Crippen LogP contribution in [-0.2, 0) is 4.79 Å². The predicted octanol–water partition coefficient (Wildman–Crippen LogP) is 2.46. The molecule has 0 aliphatic rings. The maximum Gasteiger partial charge on any atom is 0.347 e. The van der Waals surface area contributed by atoms with Crippen molar-refractivity contribution in [3.05, 3.63) is 22.7 Å². The summed E-state index contributed by atoms with van der Waals surface area (Å²) in [7, 11) is 1.38. The molecule has 1 aromatic carbocycles. The normalized spacial score (nSPS) is 10.6. The number of halogens is 1. The zero-order chi connectivity index (χ0) is 13.9. The Kier molecular flexibility index (Phi) is 4.04. The van der Waals surface area contributed by atoms with Crippen molar-refractivity contribution in [2.45, 2.75) is 19.4 Å². The molecule has 0 atom stereocenters. The first-order valence-corrected chi connectivity index (χ1v) is 5.39. The summed E-state index contributed by atoms with van der Waals surface area (Å²) in [4.78, 5) is 11.0. The molecule has 0 unspecified atom stereocenters. The fourth-order valence-electron chi connectivity index (χ4n) is 1.18. The largest absolute Gasteiger partial charge is 0.493 e. The smallest absolute Gasteiger partial charge is 0.347 e. The van der Waals surface area contributed by atoms with E-state index in [1.807, 2.05) is 6.07 Å². The van der Waals surface area contributed by atoms with Crippen molar-refractivity contribution in [2.24, 2.45) is 0 Å². The first kappa shape index (κ1) is 14.1. The van der Waals surface area contributed by atoms with Gasteiger partial charge < -0.3 is 14.6 Å². The van der Waals surface area contributed by atoms with Crippen molar-refractivity contribution in [3.63, 3.8) is 0 Å². The number of benzene rings is 1. The molecule has 0 heterocycles. The Morgan fingerprint density at radius 2 is 2.11 bits per heavy atom. The average Bonchev–Trinajstić information content (AvgIpc) is 2.30. The number of hydrogen-bond acceptors (Lipinski definition) is 4. The zero-order valence-corrected chi connectivity index (χ0v) is 10.9. The Labute approximate surface area is 109 Å². The van der Waals surface area contributed by atoms with Crippen molar-refractivity contribution in [3.8, 4) is 17.6 Å². The fourth-order valence-corrected chi connectivity index (χ4v) is 1.43. The number of carboxylic acids is 1. The average molecular weight is 270 g/mol. The van der Waals surface area contributed by atoms with E-state index in [9.17, 15) is 4.79 Å². The summed E-state index contributed by atoms with van der Waals surface area (Å²) in [5, 5.41) is 17.9. The van der Waals surface area contributed by atoms with Gasteiger partial charge in [-0.3, -0.25) is 0 Å². The summed E-state index contributed by atoms with van der Waals surface area (Å²) in [6.45, 7) is 2.78. The lowest BCUT2D eigenvalue weighted by Crippen LogP contribution is -2.38. The summed E-state index contributed by atoms with van der Waals surface area (Å²) in [5.41, 5.74) is -1.15. The molecule has 0 saturated carbocycles. The van der Waals surface area contributed by atoms with E-state index in [4.69, 9.17) is 31.4 Å². The van der Waals surface area contributed by atoms with Crippen molar-refractivity contribution < 1.29 is 19.4 Å². The highest BCUT2D eigenvalue weighted by molar-refractivity contribution is 6.32. The lowest BCUT2D eigenvalue weighted by molar-refractivity contribution is -0.152. The van der Waals surface area contributed by atoms with Crippen LogP contribution < -0.4 is 9.47 Å². The van der Waals surface area contributed by atoms with Gasteiger partial charge in [-0.25, -0.2) is 4.79 Å². The number of carbonyl (C=O) groups is 1. The van der Waals surface area contributed by atoms with Gasteiger partial charge in [0.15, 0.2) is 17.1 Å². The van der Waals surface area contributed by atoms with Crippen LogP contribution in [0, 0.1) is 11.3 Å². The standard InChI is InChI=1S/C12H12ClNO4/c1-12(2,11(15)16)18-10-8(13)4-7(6-14)5-9(10)17-3/h4-5H,1-3H3,(H,15,16). The van der Waals surface area contributed by atoms with Crippen LogP contribution in [0.25, 0.3) is 0 Å². The first-order valence-electron chi connectivity index (χ1n) is 5.02. The van der Waals surface area contributed by atoms with E-state index in [1.54, 1.807) is 0 Å². The minimum atomic E-state index is -1.45. The van der Waals surface area contributed by atoms with E-state index < -0.39 is 11.6 Å². The molecule has 0 spiro atoms. The van der Waals surface area contributed by atoms with Gasteiger partial charge in [0.25, 0.3) is 0 Å². The van der Waals surface area contributed by atoms with Crippen LogP contribution in [0.3, 0.4) is 0 Å². The Hall–Kier alpha value is -1.93. The van der Waals surface area contributed by atoms with E-state index in [0.29, 0.717) is 5.56 Å². The summed E-state index contributed by atoms with van der Waals surface area (Å²) >= 11 is 5.95. The second-order valence-electron chi connectivity index (χ2n) is 4.02. The van der Waals surface area contributed by atoms with Gasteiger partial charge in [0.1, 0.15) is 0 Å². The lowest BCUT2D eigenvalue weighted by Gasteiger charge is -2.23. The quantitative estimate of drug-likeness (QED) is 0.908. The Morgan fingerprint density at radius 3 is 2.56 bits per heavy atom. The van der Waals surface area contributed by atoms with Gasteiger partial charge in [0.05, 0.1) is 23.8 Å². The van der Waals surface area contributed by atoms with Crippen LogP contribution in [0.4, 0.5) is 0 Å². The van der Waals surface area contributed by atoms with Crippen LogP contribution >= 0.6 is 11.6 Å². The monoisotopic (exact) mass is 269 g/mol. The van der Waals surface area contributed by atoms with Crippen LogP contribution in [-0.4, -0.2) is 23.8 Å². The molecule has 96 valence electrons. The van der Waals surface area contributed by atoms with Crippen molar-refractivity contribution >= 4 is 17.6 Å². The molecule has 0 aliphatic heterocycles. The molecule has 0 bridgehead atoms. The van der Waals surface area contributed by atoms with Crippen molar-refractivity contribution in [1.82, 2.24) is 0 Å². The molecule has 0 aliphatic carbocycles. The molecule has 6 heteroatoms. The fraction of sp³-hybridized carbons (Fsp3) is 0.333. The van der Waals surface area contributed by atoms with Gasteiger partial charge in [-0.2, -0.15) is 5.26 Å². The maximum atomic E-state index is 11.0. The molecule has 18 heavy (non-hydrogen) atoms. The number of carboxylic acid groups (broad SMARTS) is 1. The van der Waals surface area contributed by atoms with Gasteiger partial charge in [0.2, 0.25) is 0 Å². The molecule has 1 rings (SSSR count). The molecule has 5 nitrogen and oxygen atoms in total. The van der Waals surface area contributed by atoms with Gasteiger partial charge in [-0.05, 0) is 19.9 Å². The Morgan fingerprint density at radius 1 is 1.50 bits per heavy atom. The van der Waals surface area contributed by atoms with Crippen molar-refractivity contribution in [2.75, 3.05) is 7.11 Å². The summed E-state index contributed by atoms with van der Waals surface area (Å²) in [6.07, 6.45) is 0. The SMILES string of the molecule is COc1cc(C#N)cc(Cl)c1OC(C)(C)C(=O)O. The molecular weight excluding hydrogens is 258 g/mol. The predicted molar refractivity (Wildman–Crippen MR) is 65.1 cm³/mol. The number of hydrogen-bond donors (Lipinski definition) is 1. The van der Waals surface area contributed by atoms with Crippen LogP contribution in [0.5, 0.6) is 11.5 Å². The Balaban J connectivity index is 3.25. The van der Waals surface area contributed by atoms with E-state index in [1.165, 1.54) is 33.1 Å². The minimum absolute atomic E-state index is 0.102. The molecule has 0 fully saturated rings. The van der Waals surface area contributed by atoms with E-state index in [2.05, 4.69) is 0 Å². The van der Waals surface area contributed by atoms with E-state index >= 15 is 0 Å². The van der Waals surface area contributed by atoms with Crippen LogP contribution in [0.2, 0.25) is 5.02 Å². The number of methoxy groups -OCH3 is 1. The lowest BCUT2D eigenvalue weighted by atomic mass is 10.1. The molecule has 1 N–H and O–H groups in total. The summed E-state index contributed by atoms with van der Waals surface area (Å²) in [5.74, 6) is -0.816. The maximum absolute atomic E-state index is 11.0. The highest BCUT2D eigenvalue weighted by Gasteiger charge is 2.31. The molecule has 0 radical (unpaired) electrons. The highest BCUT2D eigenvalue weighted by atomic mass is 35.5. The number of nitrogens with zero attached hydrogens (tertiary/aromatic N) is 1. The highest BCUT2D eigenvalue weighted by Crippen LogP contribution is 2.38. The molecule has 0 aromatic heterocycles. The number of ether oxygens (including phenoxy) is 2. The van der Waals surface area contributed by atoms with E-state index in [-0.39, 0.29) is 16.5 Å². The van der Waals surface area contributed by atoms with Crippen LogP contribution in [0.1, 0.15) is 19.4 Å². The van der Waals surface area contributed by atoms with Crippen LogP contribution in [0.15, 0.2) is 12.1 Å². The third-order valence-electron chi connectivity index (χ3n) is 2.23. The molecular formula is C12H12ClNO4. The number of nitriles is 1. The van der Waals surface area contributed by atoms with E-state index in [0.717, 1.165) is 0 Å². The molecule has 1 aromatic rings. The summed E-state index contributed by atoms with van der Waals surface area (Å²) in [6, 6.07) is 4.73. The first-order chi connectivity index (χ1) is 8.31. The Bertz CT molecular complexity index is 520. The minimum Gasteiger partial charge on any atom is -0.493 e. The van der Waals surface area contributed by atoms with Gasteiger partial charge in [0, 0.05) is 6.07 Å².